The summed E-state index contributed by atoms with van der Waals surface area (Å²) in [6, 6.07) is 22.1. The van der Waals surface area contributed by atoms with Crippen LogP contribution in [0.4, 0.5) is 5.69 Å². The number of hydrogen-bond acceptors (Lipinski definition) is 4. The third kappa shape index (κ3) is 5.89. The van der Waals surface area contributed by atoms with Gasteiger partial charge in [-0.1, -0.05) is 36.4 Å². The number of benzene rings is 3. The van der Waals surface area contributed by atoms with E-state index in [0.29, 0.717) is 13.0 Å². The third-order valence-corrected chi connectivity index (χ3v) is 6.26. The van der Waals surface area contributed by atoms with E-state index in [2.05, 4.69) is 56.0 Å². The number of carbonyl (C=O) groups excluding carboxylic acids is 1. The van der Waals surface area contributed by atoms with E-state index < -0.39 is 0 Å². The molecular formula is C27H26IN3O2. The number of fused-ring (bicyclic) bond motifs is 1. The molecule has 0 radical (unpaired) electrons. The Kier molecular flexibility index (Phi) is 7.57. The largest absolute Gasteiger partial charge is 0.491 e. The van der Waals surface area contributed by atoms with E-state index in [0.717, 1.165) is 49.0 Å². The van der Waals surface area contributed by atoms with Gasteiger partial charge in [-0.3, -0.25) is 9.78 Å². The van der Waals surface area contributed by atoms with E-state index in [9.17, 15) is 4.79 Å². The van der Waals surface area contributed by atoms with Crippen LogP contribution in [0.15, 0.2) is 79.1 Å². The van der Waals surface area contributed by atoms with Crippen LogP contribution in [0.1, 0.15) is 5.56 Å². The Morgan fingerprint density at radius 3 is 2.52 bits per heavy atom. The van der Waals surface area contributed by atoms with E-state index in [1.807, 2.05) is 62.6 Å². The number of rotatable bonds is 8. The number of nitrogens with zero attached hydrogens (tertiary/aromatic N) is 2. The monoisotopic (exact) mass is 551 g/mol. The first-order valence-corrected chi connectivity index (χ1v) is 11.9. The zero-order chi connectivity index (χ0) is 23.2. The molecule has 168 valence electrons. The predicted octanol–water partition coefficient (Wildman–Crippen LogP) is 5.63. The number of carbonyl (C=O) groups is 1. The minimum absolute atomic E-state index is 0.0581. The lowest BCUT2D eigenvalue weighted by molar-refractivity contribution is -0.115. The number of aromatic nitrogens is 1. The van der Waals surface area contributed by atoms with E-state index >= 15 is 0 Å². The summed E-state index contributed by atoms with van der Waals surface area (Å²) in [6.07, 6.45) is 3.88. The molecule has 5 nitrogen and oxygen atoms in total. The van der Waals surface area contributed by atoms with Crippen molar-refractivity contribution in [2.24, 2.45) is 0 Å². The molecule has 0 saturated carbocycles. The van der Waals surface area contributed by atoms with Crippen molar-refractivity contribution < 1.29 is 9.53 Å². The summed E-state index contributed by atoms with van der Waals surface area (Å²) in [5.41, 5.74) is 3.97. The van der Waals surface area contributed by atoms with E-state index in [1.54, 1.807) is 12.4 Å². The number of hydrogen-bond donors (Lipinski definition) is 1. The predicted molar refractivity (Wildman–Crippen MR) is 143 cm³/mol. The summed E-state index contributed by atoms with van der Waals surface area (Å²) in [5.74, 6) is 0.722. The molecular weight excluding hydrogens is 525 g/mol. The molecule has 0 aliphatic rings. The fourth-order valence-electron chi connectivity index (χ4n) is 3.71. The number of halogens is 1. The Hall–Kier alpha value is -2.97. The average Bonchev–Trinajstić information content (AvgIpc) is 2.81. The van der Waals surface area contributed by atoms with Crippen molar-refractivity contribution in [2.75, 3.05) is 32.6 Å². The second kappa shape index (κ2) is 10.8. The van der Waals surface area contributed by atoms with Crippen LogP contribution in [0.5, 0.6) is 5.75 Å². The molecule has 1 N–H and O–H groups in total. The standard InChI is InChI=1S/C27H26IN3O2/c1-31(2)15-16-33-26-18-21(8-10-25(26)28)30-27(32)17-20-7-9-23(19-11-13-29-14-12-19)24-6-4-3-5-22(20)24/h3-14,18H,15-17H2,1-2H3,(H,30,32). The van der Waals surface area contributed by atoms with Crippen molar-refractivity contribution >= 4 is 45.0 Å². The zero-order valence-electron chi connectivity index (χ0n) is 18.7. The van der Waals surface area contributed by atoms with Gasteiger partial charge in [-0.25, -0.2) is 0 Å². The second-order valence-electron chi connectivity index (χ2n) is 8.08. The molecule has 1 heterocycles. The summed E-state index contributed by atoms with van der Waals surface area (Å²) in [7, 11) is 4.02. The highest BCUT2D eigenvalue weighted by Crippen LogP contribution is 2.31. The number of amides is 1. The molecule has 1 aromatic heterocycles. The quantitative estimate of drug-likeness (QED) is 0.289. The smallest absolute Gasteiger partial charge is 0.228 e. The molecule has 0 saturated heterocycles. The van der Waals surface area contributed by atoms with Crippen molar-refractivity contribution in [1.29, 1.82) is 0 Å². The Balaban J connectivity index is 1.52. The van der Waals surface area contributed by atoms with Gasteiger partial charge >= 0.3 is 0 Å². The molecule has 4 rings (SSSR count). The lowest BCUT2D eigenvalue weighted by Gasteiger charge is -2.14. The first-order chi connectivity index (χ1) is 16.0. The molecule has 0 fully saturated rings. The first kappa shape index (κ1) is 23.2. The van der Waals surface area contributed by atoms with Crippen LogP contribution in [0.25, 0.3) is 21.9 Å². The van der Waals surface area contributed by atoms with E-state index in [-0.39, 0.29) is 5.91 Å². The van der Waals surface area contributed by atoms with Gasteiger partial charge < -0.3 is 15.0 Å². The van der Waals surface area contributed by atoms with E-state index in [1.165, 1.54) is 0 Å². The van der Waals surface area contributed by atoms with Crippen LogP contribution < -0.4 is 10.1 Å². The third-order valence-electron chi connectivity index (χ3n) is 5.37. The van der Waals surface area contributed by atoms with Crippen LogP contribution in [0.3, 0.4) is 0 Å². The number of likely N-dealkylation sites (N-methyl/N-ethyl adjacent to an activating group) is 1. The average molecular weight is 551 g/mol. The SMILES string of the molecule is CN(C)CCOc1cc(NC(=O)Cc2ccc(-c3ccncc3)c3ccccc23)ccc1I. The fourth-order valence-corrected chi connectivity index (χ4v) is 4.20. The molecule has 0 aliphatic heterocycles. The lowest BCUT2D eigenvalue weighted by atomic mass is 9.94. The van der Waals surface area contributed by atoms with Crippen molar-refractivity contribution in [3.63, 3.8) is 0 Å². The van der Waals surface area contributed by atoms with Crippen LogP contribution in [0.2, 0.25) is 0 Å². The van der Waals surface area contributed by atoms with Gasteiger partial charge in [0.05, 0.1) is 9.99 Å². The number of ether oxygens (including phenoxy) is 1. The van der Waals surface area contributed by atoms with Gasteiger partial charge in [0.1, 0.15) is 12.4 Å². The van der Waals surface area contributed by atoms with Crippen LogP contribution in [-0.2, 0) is 11.2 Å². The van der Waals surface area contributed by atoms with Crippen LogP contribution in [0, 0.1) is 3.57 Å². The highest BCUT2D eigenvalue weighted by molar-refractivity contribution is 14.1. The van der Waals surface area contributed by atoms with Crippen molar-refractivity contribution in [3.8, 4) is 16.9 Å². The van der Waals surface area contributed by atoms with Gasteiger partial charge in [-0.2, -0.15) is 0 Å². The highest BCUT2D eigenvalue weighted by Gasteiger charge is 2.12. The maximum absolute atomic E-state index is 12.9. The van der Waals surface area contributed by atoms with Crippen LogP contribution in [-0.4, -0.2) is 43.0 Å². The minimum Gasteiger partial charge on any atom is -0.491 e. The normalized spacial score (nSPS) is 11.0. The van der Waals surface area contributed by atoms with Gasteiger partial charge in [0.15, 0.2) is 0 Å². The first-order valence-electron chi connectivity index (χ1n) is 10.8. The molecule has 0 atom stereocenters. The molecule has 1 amide bonds. The maximum atomic E-state index is 12.9. The summed E-state index contributed by atoms with van der Waals surface area (Å²) >= 11 is 2.25. The molecule has 4 aromatic rings. The summed E-state index contributed by atoms with van der Waals surface area (Å²) < 4.78 is 6.91. The topological polar surface area (TPSA) is 54.5 Å². The molecule has 0 bridgehead atoms. The summed E-state index contributed by atoms with van der Waals surface area (Å²) in [6.45, 7) is 1.42. The summed E-state index contributed by atoms with van der Waals surface area (Å²) in [4.78, 5) is 19.1. The minimum atomic E-state index is -0.0581. The molecule has 3 aromatic carbocycles. The van der Waals surface area contributed by atoms with Gasteiger partial charge in [-0.15, -0.1) is 0 Å². The molecule has 0 unspecified atom stereocenters. The van der Waals surface area contributed by atoms with Crippen molar-refractivity contribution in [1.82, 2.24) is 9.88 Å². The van der Waals surface area contributed by atoms with Gasteiger partial charge in [0.25, 0.3) is 0 Å². The van der Waals surface area contributed by atoms with Gasteiger partial charge in [0, 0.05) is 30.7 Å². The number of anilines is 1. The van der Waals surface area contributed by atoms with Crippen molar-refractivity contribution in [2.45, 2.75) is 6.42 Å². The van der Waals surface area contributed by atoms with Crippen LogP contribution >= 0.6 is 22.6 Å². The molecule has 0 aliphatic carbocycles. The van der Waals surface area contributed by atoms with E-state index in [4.69, 9.17) is 4.74 Å². The van der Waals surface area contributed by atoms with Crippen molar-refractivity contribution in [3.05, 3.63) is 88.3 Å². The fraction of sp³-hybridized carbons (Fsp3) is 0.185. The second-order valence-corrected chi connectivity index (χ2v) is 9.24. The molecule has 33 heavy (non-hydrogen) atoms. The number of pyridine rings is 1. The Morgan fingerprint density at radius 1 is 1.00 bits per heavy atom. The van der Waals surface area contributed by atoms with Gasteiger partial charge in [0.2, 0.25) is 5.91 Å². The molecule has 0 spiro atoms. The highest BCUT2D eigenvalue weighted by atomic mass is 127. The number of nitrogens with one attached hydrogen (secondary N) is 1. The Labute approximate surface area is 207 Å². The molecule has 6 heteroatoms. The zero-order valence-corrected chi connectivity index (χ0v) is 20.9. The maximum Gasteiger partial charge on any atom is 0.228 e. The Morgan fingerprint density at radius 2 is 1.76 bits per heavy atom. The summed E-state index contributed by atoms with van der Waals surface area (Å²) in [5, 5.41) is 5.23. The van der Waals surface area contributed by atoms with Gasteiger partial charge in [-0.05, 0) is 88.4 Å². The Bertz CT molecular complexity index is 1260. The lowest BCUT2D eigenvalue weighted by Crippen LogP contribution is -2.19.